The molecule has 46 heavy (non-hydrogen) atoms. The summed E-state index contributed by atoms with van der Waals surface area (Å²) in [7, 11) is 0. The number of benzene rings is 2. The van der Waals surface area contributed by atoms with Crippen molar-refractivity contribution in [3.63, 3.8) is 0 Å². The fourth-order valence-electron chi connectivity index (χ4n) is 6.36. The summed E-state index contributed by atoms with van der Waals surface area (Å²) in [4.78, 5) is 49.4. The van der Waals surface area contributed by atoms with Crippen molar-refractivity contribution < 1.29 is 14.3 Å². The van der Waals surface area contributed by atoms with Crippen LogP contribution < -0.4 is 26.9 Å². The summed E-state index contributed by atoms with van der Waals surface area (Å²) in [5.41, 5.74) is 9.67. The maximum atomic E-state index is 15.2. The van der Waals surface area contributed by atoms with Gasteiger partial charge in [-0.1, -0.05) is 13.0 Å². The first kappa shape index (κ1) is 31.3. The number of pyridine rings is 1. The third-order valence-electron chi connectivity index (χ3n) is 9.16. The fourth-order valence-corrected chi connectivity index (χ4v) is 6.36. The van der Waals surface area contributed by atoms with Crippen LogP contribution >= 0.6 is 0 Å². The number of nitrogens with one attached hydrogen (secondary N) is 2. The third-order valence-corrected chi connectivity index (χ3v) is 9.16. The highest BCUT2D eigenvalue weighted by Gasteiger charge is 2.32. The molecule has 2 fully saturated rings. The standard InChI is InChI=1S/C34H40FN7O4/c1-3-21-16-23(9-6-20(21)2)37-28-19-29(43)42(34(36)39-28)11-5-4-10-40-12-14-41(15-13-40)27-18-26-24(17-25(27)35)32(44)30(33(45)46)31(38-26)22-7-8-22/h6,9,16-19,22,37H,3-5,7-8,10-15H2,1-2H3,(H2,36,39)(H,38,44)(H,45,46). The zero-order chi connectivity index (χ0) is 32.5. The number of rotatable bonds is 11. The van der Waals surface area contributed by atoms with Gasteiger partial charge in [0.25, 0.3) is 5.56 Å². The Hall–Kier alpha value is -4.71. The van der Waals surface area contributed by atoms with Crippen molar-refractivity contribution in [2.75, 3.05) is 48.7 Å². The second kappa shape index (κ2) is 13.0. The first-order chi connectivity index (χ1) is 22.1. The minimum Gasteiger partial charge on any atom is -0.477 e. The van der Waals surface area contributed by atoms with Crippen LogP contribution in [0.2, 0.25) is 0 Å². The average molecular weight is 630 g/mol. The molecule has 2 aromatic heterocycles. The predicted octanol–water partition coefficient (Wildman–Crippen LogP) is 4.60. The number of fused-ring (bicyclic) bond motifs is 1. The molecular weight excluding hydrogens is 589 g/mol. The zero-order valence-electron chi connectivity index (χ0n) is 26.2. The number of anilines is 4. The summed E-state index contributed by atoms with van der Waals surface area (Å²) in [6.07, 6.45) is 4.19. The molecule has 0 amide bonds. The number of carboxylic acids is 1. The van der Waals surface area contributed by atoms with Gasteiger partial charge in [-0.15, -0.1) is 0 Å². The lowest BCUT2D eigenvalue weighted by Crippen LogP contribution is -2.47. The number of aromatic nitrogens is 3. The molecule has 11 nitrogen and oxygen atoms in total. The van der Waals surface area contributed by atoms with Crippen LogP contribution in [0.25, 0.3) is 10.9 Å². The highest BCUT2D eigenvalue weighted by Crippen LogP contribution is 2.41. The number of carboxylic acid groups (broad SMARTS) is 1. The molecule has 3 heterocycles. The van der Waals surface area contributed by atoms with Crippen LogP contribution in [0, 0.1) is 12.7 Å². The van der Waals surface area contributed by atoms with Gasteiger partial charge in [-0.3, -0.25) is 19.1 Å². The van der Waals surface area contributed by atoms with Crippen LogP contribution in [0.15, 0.2) is 46.0 Å². The average Bonchev–Trinajstić information content (AvgIpc) is 3.87. The number of nitrogen functional groups attached to an aromatic ring is 1. The Balaban J connectivity index is 1.03. The first-order valence-electron chi connectivity index (χ1n) is 16.0. The van der Waals surface area contributed by atoms with Gasteiger partial charge in [0.05, 0.1) is 11.2 Å². The van der Waals surface area contributed by atoms with E-state index < -0.39 is 17.2 Å². The number of H-pyrrole nitrogens is 1. The molecule has 1 saturated carbocycles. The van der Waals surface area contributed by atoms with Gasteiger partial charge in [0.2, 0.25) is 11.4 Å². The Morgan fingerprint density at radius 1 is 1.09 bits per heavy atom. The summed E-state index contributed by atoms with van der Waals surface area (Å²) >= 11 is 0. The van der Waals surface area contributed by atoms with Gasteiger partial charge in [-0.2, -0.15) is 4.98 Å². The highest BCUT2D eigenvalue weighted by atomic mass is 19.1. The van der Waals surface area contributed by atoms with E-state index in [4.69, 9.17) is 5.73 Å². The van der Waals surface area contributed by atoms with Crippen molar-refractivity contribution in [2.45, 2.75) is 58.4 Å². The summed E-state index contributed by atoms with van der Waals surface area (Å²) in [5, 5.41) is 12.9. The largest absolute Gasteiger partial charge is 0.477 e. The molecule has 0 atom stereocenters. The number of unbranched alkanes of at least 4 members (excludes halogenated alkanes) is 1. The lowest BCUT2D eigenvalue weighted by molar-refractivity contribution is 0.0694. The van der Waals surface area contributed by atoms with Crippen LogP contribution in [-0.4, -0.2) is 63.2 Å². The van der Waals surface area contributed by atoms with Gasteiger partial charge in [0, 0.05) is 61.5 Å². The molecule has 0 radical (unpaired) electrons. The molecule has 5 N–H and O–H groups in total. The van der Waals surface area contributed by atoms with Crippen LogP contribution in [0.3, 0.4) is 0 Å². The molecule has 2 aliphatic rings. The van der Waals surface area contributed by atoms with Gasteiger partial charge >= 0.3 is 5.97 Å². The van der Waals surface area contributed by atoms with Crippen molar-refractivity contribution in [1.82, 2.24) is 19.4 Å². The van der Waals surface area contributed by atoms with Crippen LogP contribution in [0.5, 0.6) is 0 Å². The lowest BCUT2D eigenvalue weighted by Gasteiger charge is -2.36. The number of nitrogens with two attached hydrogens (primary N) is 1. The number of nitrogens with zero attached hydrogens (tertiary/aromatic N) is 4. The number of carbonyl (C=O) groups is 1. The normalized spacial score (nSPS) is 15.4. The van der Waals surface area contributed by atoms with Crippen molar-refractivity contribution in [3.8, 4) is 0 Å². The van der Waals surface area contributed by atoms with E-state index in [2.05, 4.69) is 40.1 Å². The Kier molecular flexibility index (Phi) is 8.81. The minimum atomic E-state index is -1.28. The van der Waals surface area contributed by atoms with Gasteiger partial charge in [-0.05, 0) is 81.0 Å². The maximum Gasteiger partial charge on any atom is 0.341 e. The number of hydrogen-bond donors (Lipinski definition) is 4. The van der Waals surface area contributed by atoms with E-state index in [1.54, 1.807) is 6.07 Å². The topological polar surface area (TPSA) is 150 Å². The zero-order valence-corrected chi connectivity index (χ0v) is 26.2. The summed E-state index contributed by atoms with van der Waals surface area (Å²) in [6.45, 7) is 8.18. The van der Waals surface area contributed by atoms with E-state index in [0.29, 0.717) is 42.4 Å². The second-order valence-corrected chi connectivity index (χ2v) is 12.3. The Bertz CT molecular complexity index is 1910. The minimum absolute atomic E-state index is 0.0289. The molecule has 1 aliphatic heterocycles. The number of halogens is 1. The molecule has 4 aromatic rings. The summed E-state index contributed by atoms with van der Waals surface area (Å²) < 4.78 is 16.7. The quantitative estimate of drug-likeness (QED) is 0.175. The molecule has 6 rings (SSSR count). The van der Waals surface area contributed by atoms with Crippen LogP contribution in [0.1, 0.15) is 65.7 Å². The smallest absolute Gasteiger partial charge is 0.341 e. The number of hydrogen-bond acceptors (Lipinski definition) is 8. The van der Waals surface area contributed by atoms with E-state index in [0.717, 1.165) is 63.5 Å². The molecule has 1 saturated heterocycles. The Morgan fingerprint density at radius 3 is 2.50 bits per heavy atom. The number of aryl methyl sites for hydroxylation is 2. The van der Waals surface area contributed by atoms with Crippen molar-refractivity contribution in [3.05, 3.63) is 85.2 Å². The van der Waals surface area contributed by atoms with E-state index in [1.807, 2.05) is 17.0 Å². The van der Waals surface area contributed by atoms with Crippen LogP contribution in [-0.2, 0) is 13.0 Å². The Morgan fingerprint density at radius 2 is 1.83 bits per heavy atom. The summed E-state index contributed by atoms with van der Waals surface area (Å²) in [6, 6.07) is 10.3. The lowest BCUT2D eigenvalue weighted by atomic mass is 10.0. The van der Waals surface area contributed by atoms with Crippen molar-refractivity contribution >= 4 is 40.0 Å². The van der Waals surface area contributed by atoms with Crippen molar-refractivity contribution in [1.29, 1.82) is 0 Å². The van der Waals surface area contributed by atoms with Gasteiger partial charge < -0.3 is 26.0 Å². The first-order valence-corrected chi connectivity index (χ1v) is 16.0. The molecular formula is C34H40FN7O4. The Labute approximate surface area is 265 Å². The molecule has 2 aromatic carbocycles. The number of aromatic amines is 1. The van der Waals surface area contributed by atoms with E-state index in [-0.39, 0.29) is 28.4 Å². The van der Waals surface area contributed by atoms with E-state index in [9.17, 15) is 19.5 Å². The number of aromatic carboxylic acids is 1. The number of piperazine rings is 1. The second-order valence-electron chi connectivity index (χ2n) is 12.3. The van der Waals surface area contributed by atoms with Crippen LogP contribution in [0.4, 0.5) is 27.5 Å². The fraction of sp³-hybridized carbons (Fsp3) is 0.412. The highest BCUT2D eigenvalue weighted by molar-refractivity contribution is 5.95. The van der Waals surface area contributed by atoms with Crippen molar-refractivity contribution in [2.24, 2.45) is 0 Å². The third kappa shape index (κ3) is 6.48. The maximum absolute atomic E-state index is 15.2. The molecule has 0 bridgehead atoms. The van der Waals surface area contributed by atoms with Gasteiger partial charge in [0.1, 0.15) is 17.2 Å². The van der Waals surface area contributed by atoms with Gasteiger partial charge in [-0.25, -0.2) is 9.18 Å². The predicted molar refractivity (Wildman–Crippen MR) is 178 cm³/mol. The molecule has 0 spiro atoms. The SMILES string of the molecule is CCc1cc(Nc2cc(=O)n(CCCCN3CCN(c4cc5[nH]c(C6CC6)c(C(=O)O)c(=O)c5cc4F)CC3)c(N)n2)ccc1C. The van der Waals surface area contributed by atoms with E-state index >= 15 is 4.39 Å². The molecule has 1 aliphatic carbocycles. The monoisotopic (exact) mass is 629 g/mol. The van der Waals surface area contributed by atoms with Gasteiger partial charge in [0.15, 0.2) is 0 Å². The molecule has 0 unspecified atom stereocenters. The molecule has 242 valence electrons. The summed E-state index contributed by atoms with van der Waals surface area (Å²) in [5.74, 6) is -1.20. The van der Waals surface area contributed by atoms with E-state index in [1.165, 1.54) is 21.8 Å². The molecule has 12 heteroatoms.